The van der Waals surface area contributed by atoms with Crippen LogP contribution in [0.2, 0.25) is 0 Å². The van der Waals surface area contributed by atoms with Gasteiger partial charge in [-0.3, -0.25) is 14.3 Å². The summed E-state index contributed by atoms with van der Waals surface area (Å²) in [6, 6.07) is 7.47. The highest BCUT2D eigenvalue weighted by atomic mass is 16.3. The Labute approximate surface area is 227 Å². The van der Waals surface area contributed by atoms with E-state index in [0.717, 1.165) is 31.3 Å². The van der Waals surface area contributed by atoms with Gasteiger partial charge in [0.1, 0.15) is 6.33 Å². The van der Waals surface area contributed by atoms with E-state index in [1.807, 2.05) is 37.2 Å². The Hall–Kier alpha value is -4.78. The Bertz CT molecular complexity index is 1900. The summed E-state index contributed by atoms with van der Waals surface area (Å²) in [6.07, 6.45) is 7.88. The van der Waals surface area contributed by atoms with Crippen molar-refractivity contribution in [3.8, 4) is 17.7 Å². The van der Waals surface area contributed by atoms with Crippen molar-refractivity contribution in [2.45, 2.75) is 31.3 Å². The van der Waals surface area contributed by atoms with Crippen molar-refractivity contribution in [1.29, 1.82) is 0 Å². The maximum atomic E-state index is 13.2. The van der Waals surface area contributed by atoms with Gasteiger partial charge in [-0.15, -0.1) is 0 Å². The summed E-state index contributed by atoms with van der Waals surface area (Å²) in [6.45, 7) is 1.45. The molecule has 0 spiro atoms. The second-order valence-corrected chi connectivity index (χ2v) is 10.6. The molecule has 7 rings (SSSR count). The van der Waals surface area contributed by atoms with Crippen molar-refractivity contribution in [3.63, 3.8) is 0 Å². The summed E-state index contributed by atoms with van der Waals surface area (Å²) < 4.78 is 3.34. The van der Waals surface area contributed by atoms with E-state index in [-0.39, 0.29) is 23.7 Å². The first kappa shape index (κ1) is 24.3. The number of imidazole rings is 1. The standard InChI is InChI=1S/C27H28N10O3/c1-34(2)19-7-8-35(13-19)25(40)15-3-6-21-20(10-15)28-14-36(21)26-32-23-17(9-16-11-22(38)31-24(16)39)12-29-37(23)27(33-26)30-18-4-5-18/h3,6,9-12,14,18-19,31,38-39H,4-5,7-8,13H2,1-2H3. The second-order valence-electron chi connectivity index (χ2n) is 10.6. The lowest BCUT2D eigenvalue weighted by atomic mass is 10.1. The third-order valence-corrected chi connectivity index (χ3v) is 7.53. The number of nitrogens with one attached hydrogen (secondary N) is 1. The fourth-order valence-corrected chi connectivity index (χ4v) is 5.09. The summed E-state index contributed by atoms with van der Waals surface area (Å²) in [5, 5.41) is 24.9. The van der Waals surface area contributed by atoms with Crippen LogP contribution in [-0.2, 0) is 0 Å². The van der Waals surface area contributed by atoms with Gasteiger partial charge in [0.25, 0.3) is 11.5 Å². The molecular weight excluding hydrogens is 512 g/mol. The number of hydrogen-bond donors (Lipinski definition) is 3. The van der Waals surface area contributed by atoms with Crippen LogP contribution >= 0.6 is 0 Å². The molecule has 1 saturated heterocycles. The van der Waals surface area contributed by atoms with Crippen LogP contribution in [0.4, 0.5) is 0 Å². The number of benzene rings is 1. The van der Waals surface area contributed by atoms with Gasteiger partial charge in [-0.05, 0) is 57.6 Å². The molecule has 2 aliphatic rings. The van der Waals surface area contributed by atoms with Crippen LogP contribution in [0.3, 0.4) is 0 Å². The Balaban J connectivity index is 1.30. The number of aromatic amines is 1. The lowest BCUT2D eigenvalue weighted by molar-refractivity contribution is 0.0783. The molecule has 40 heavy (non-hydrogen) atoms. The summed E-state index contributed by atoms with van der Waals surface area (Å²) in [5.74, 6) is 0.0525. The minimum atomic E-state index is -0.161. The van der Waals surface area contributed by atoms with Gasteiger partial charge in [0, 0.05) is 41.5 Å². The van der Waals surface area contributed by atoms with Crippen molar-refractivity contribution in [2.24, 2.45) is 4.99 Å². The Morgan fingerprint density at radius 3 is 2.75 bits per heavy atom. The first-order valence-electron chi connectivity index (χ1n) is 13.2. The van der Waals surface area contributed by atoms with Crippen molar-refractivity contribution >= 4 is 28.7 Å². The second kappa shape index (κ2) is 9.16. The fourth-order valence-electron chi connectivity index (χ4n) is 5.09. The van der Waals surface area contributed by atoms with Gasteiger partial charge >= 0.3 is 0 Å². The number of H-pyrrole nitrogens is 1. The lowest BCUT2D eigenvalue weighted by Crippen LogP contribution is -2.34. The SMILES string of the molecule is CN(C)C1CCN(C(=O)c2ccc3c(c2)ncn3-c2nc(=NC3CC3)n3ncc(=Cc4cc(O)[nH]c4O)c3n2)C1. The van der Waals surface area contributed by atoms with Gasteiger partial charge < -0.3 is 20.0 Å². The summed E-state index contributed by atoms with van der Waals surface area (Å²) in [7, 11) is 4.08. The zero-order chi connectivity index (χ0) is 27.5. The van der Waals surface area contributed by atoms with Gasteiger partial charge in [-0.1, -0.05) is 0 Å². The summed E-state index contributed by atoms with van der Waals surface area (Å²) >= 11 is 0. The molecular formula is C27H28N10O3. The molecule has 1 unspecified atom stereocenters. The lowest BCUT2D eigenvalue weighted by Gasteiger charge is -2.20. The fraction of sp³-hybridized carbons (Fsp3) is 0.333. The van der Waals surface area contributed by atoms with Gasteiger partial charge in [0.2, 0.25) is 5.95 Å². The third kappa shape index (κ3) is 4.24. The minimum Gasteiger partial charge on any atom is -0.494 e. The molecule has 2 fully saturated rings. The highest BCUT2D eigenvalue weighted by Crippen LogP contribution is 2.24. The predicted molar refractivity (Wildman–Crippen MR) is 145 cm³/mol. The molecule has 3 N–H and O–H groups in total. The quantitative estimate of drug-likeness (QED) is 0.293. The van der Waals surface area contributed by atoms with Gasteiger partial charge in [-0.25, -0.2) is 9.98 Å². The first-order valence-corrected chi connectivity index (χ1v) is 13.2. The number of likely N-dealkylation sites (tertiary alicyclic amines) is 1. The van der Waals surface area contributed by atoms with Gasteiger partial charge in [0.05, 0.1) is 23.3 Å². The molecule has 4 aromatic heterocycles. The molecule has 5 aromatic rings. The number of carbonyl (C=O) groups is 1. The number of amides is 1. The molecule has 13 nitrogen and oxygen atoms in total. The highest BCUT2D eigenvalue weighted by Gasteiger charge is 2.28. The Morgan fingerprint density at radius 1 is 1.18 bits per heavy atom. The average Bonchev–Trinajstić information content (AvgIpc) is 3.30. The van der Waals surface area contributed by atoms with Crippen LogP contribution in [0.1, 0.15) is 35.2 Å². The van der Waals surface area contributed by atoms with Crippen LogP contribution in [0.5, 0.6) is 11.8 Å². The van der Waals surface area contributed by atoms with Crippen LogP contribution in [0, 0.1) is 0 Å². The van der Waals surface area contributed by atoms with E-state index in [2.05, 4.69) is 20.0 Å². The van der Waals surface area contributed by atoms with E-state index in [1.54, 1.807) is 27.7 Å². The predicted octanol–water partition coefficient (Wildman–Crippen LogP) is 0.589. The van der Waals surface area contributed by atoms with Crippen molar-refractivity contribution < 1.29 is 15.0 Å². The molecule has 204 valence electrons. The number of aromatic nitrogens is 7. The highest BCUT2D eigenvalue weighted by molar-refractivity contribution is 5.97. The molecule has 1 amide bonds. The number of carbonyl (C=O) groups excluding carboxylic acids is 1. The Kier molecular flexibility index (Phi) is 5.56. The minimum absolute atomic E-state index is 0.00229. The molecule has 5 heterocycles. The van der Waals surface area contributed by atoms with E-state index in [0.29, 0.717) is 51.7 Å². The summed E-state index contributed by atoms with van der Waals surface area (Å²) in [4.78, 5) is 38.5. The van der Waals surface area contributed by atoms with E-state index in [4.69, 9.17) is 15.0 Å². The number of fused-ring (bicyclic) bond motifs is 2. The number of likely N-dealkylation sites (N-methyl/N-ethyl adjacent to an activating group) is 1. The molecule has 1 aliphatic heterocycles. The van der Waals surface area contributed by atoms with E-state index < -0.39 is 0 Å². The normalized spacial score (nSPS) is 18.7. The number of aromatic hydroxyl groups is 2. The molecule has 1 atom stereocenters. The smallest absolute Gasteiger partial charge is 0.253 e. The van der Waals surface area contributed by atoms with Crippen molar-refractivity contribution in [1.82, 2.24) is 43.9 Å². The number of rotatable bonds is 5. The monoisotopic (exact) mass is 540 g/mol. The van der Waals surface area contributed by atoms with Crippen molar-refractivity contribution in [2.75, 3.05) is 27.2 Å². The summed E-state index contributed by atoms with van der Waals surface area (Å²) in [5.41, 5.74) is 3.31. The van der Waals surface area contributed by atoms with E-state index >= 15 is 0 Å². The molecule has 1 saturated carbocycles. The van der Waals surface area contributed by atoms with E-state index in [9.17, 15) is 15.0 Å². The Morgan fingerprint density at radius 2 is 2.02 bits per heavy atom. The van der Waals surface area contributed by atoms with Crippen LogP contribution in [0.25, 0.3) is 28.7 Å². The number of hydrogen-bond acceptors (Lipinski definition) is 9. The molecule has 13 heteroatoms. The molecule has 1 aliphatic carbocycles. The average molecular weight is 541 g/mol. The van der Waals surface area contributed by atoms with Gasteiger partial charge in [0.15, 0.2) is 17.4 Å². The van der Waals surface area contributed by atoms with E-state index in [1.165, 1.54) is 6.07 Å². The maximum Gasteiger partial charge on any atom is 0.253 e. The maximum absolute atomic E-state index is 13.2. The molecule has 0 bridgehead atoms. The van der Waals surface area contributed by atoms with Crippen LogP contribution in [-0.4, -0.2) is 99.3 Å². The van der Waals surface area contributed by atoms with Crippen molar-refractivity contribution in [3.05, 3.63) is 58.8 Å². The zero-order valence-corrected chi connectivity index (χ0v) is 22.1. The molecule has 1 aromatic carbocycles. The van der Waals surface area contributed by atoms with Crippen LogP contribution in [0.15, 0.2) is 41.8 Å². The largest absolute Gasteiger partial charge is 0.494 e. The third-order valence-electron chi connectivity index (χ3n) is 7.53. The molecule has 0 radical (unpaired) electrons. The van der Waals surface area contributed by atoms with Crippen LogP contribution < -0.4 is 10.8 Å². The van der Waals surface area contributed by atoms with Gasteiger partial charge in [-0.2, -0.15) is 19.6 Å². The number of nitrogens with zero attached hydrogens (tertiary/aromatic N) is 9. The zero-order valence-electron chi connectivity index (χ0n) is 22.1. The topological polar surface area (TPSA) is 153 Å². The first-order chi connectivity index (χ1) is 19.3.